The molecule has 100 valence electrons. The maximum Gasteiger partial charge on any atom is 0.420 e. The normalized spacial score (nSPS) is 13.5. The molecule has 0 saturated carbocycles. The van der Waals surface area contributed by atoms with Crippen LogP contribution in [0.25, 0.3) is 0 Å². The number of hydrogen-bond acceptors (Lipinski definition) is 1. The first-order chi connectivity index (χ1) is 8.02. The molecular weight excluding hydrogens is 330 g/mol. The molecule has 0 spiro atoms. The van der Waals surface area contributed by atoms with Gasteiger partial charge >= 0.3 is 12.4 Å². The van der Waals surface area contributed by atoms with Crippen molar-refractivity contribution in [3.8, 4) is 0 Å². The summed E-state index contributed by atoms with van der Waals surface area (Å²) >= 11 is 1.53. The van der Waals surface area contributed by atoms with Gasteiger partial charge in [0, 0.05) is 5.56 Å². The zero-order valence-corrected chi connectivity index (χ0v) is 10.0. The molecule has 0 aromatic heterocycles. The third-order valence-corrected chi connectivity index (χ3v) is 3.39. The molecule has 1 rings (SSSR count). The van der Waals surface area contributed by atoms with Crippen LogP contribution in [-0.2, 0) is 0 Å². The van der Waals surface area contributed by atoms with Gasteiger partial charge in [0.2, 0.25) is 0 Å². The Morgan fingerprint density at radius 1 is 0.889 bits per heavy atom. The van der Waals surface area contributed by atoms with Crippen LogP contribution >= 0.6 is 15.9 Å². The van der Waals surface area contributed by atoms with Crippen LogP contribution in [0.4, 0.5) is 26.3 Å². The lowest BCUT2D eigenvalue weighted by Gasteiger charge is -2.30. The van der Waals surface area contributed by atoms with Gasteiger partial charge in [0.05, 0.1) is 0 Å². The lowest BCUT2D eigenvalue weighted by atomic mass is 9.96. The van der Waals surface area contributed by atoms with Crippen molar-refractivity contribution >= 4 is 21.7 Å². The quantitative estimate of drug-likeness (QED) is 0.451. The molecule has 0 aliphatic carbocycles. The molecule has 0 atom stereocenters. The van der Waals surface area contributed by atoms with E-state index in [1.54, 1.807) is 0 Å². The fraction of sp³-hybridized carbons (Fsp3) is 0.300. The third kappa shape index (κ3) is 2.38. The molecule has 0 aliphatic rings. The number of carbonyl (C=O) groups is 1. The van der Waals surface area contributed by atoms with Gasteiger partial charge in [-0.1, -0.05) is 46.3 Å². The minimum Gasteiger partial charge on any atom is -0.292 e. The van der Waals surface area contributed by atoms with Crippen molar-refractivity contribution in [1.29, 1.82) is 0 Å². The molecule has 1 aromatic rings. The van der Waals surface area contributed by atoms with Crippen LogP contribution in [0.1, 0.15) is 10.4 Å². The first kappa shape index (κ1) is 15.0. The van der Waals surface area contributed by atoms with Crippen LogP contribution in [0.5, 0.6) is 0 Å². The summed E-state index contributed by atoms with van der Waals surface area (Å²) in [4.78, 5) is 11.5. The van der Waals surface area contributed by atoms with Gasteiger partial charge in [0.25, 0.3) is 4.32 Å². The van der Waals surface area contributed by atoms with Crippen LogP contribution < -0.4 is 0 Å². The van der Waals surface area contributed by atoms with Gasteiger partial charge in [-0.25, -0.2) is 0 Å². The first-order valence-electron chi connectivity index (χ1n) is 4.44. The molecule has 1 aromatic carbocycles. The number of alkyl halides is 7. The maximum absolute atomic E-state index is 12.5. The molecular formula is C10H5BrF6O. The molecule has 0 heterocycles. The highest BCUT2D eigenvalue weighted by atomic mass is 79.9. The number of hydrogen-bond donors (Lipinski definition) is 0. The molecule has 1 nitrogen and oxygen atoms in total. The number of Topliss-reactive ketones (excluding diaryl/α,β-unsaturated/α-hetero) is 1. The van der Waals surface area contributed by atoms with E-state index in [2.05, 4.69) is 0 Å². The van der Waals surface area contributed by atoms with Gasteiger partial charge in [0.1, 0.15) is 0 Å². The van der Waals surface area contributed by atoms with Crippen LogP contribution in [0.3, 0.4) is 0 Å². The molecule has 0 unspecified atom stereocenters. The largest absolute Gasteiger partial charge is 0.420 e. The van der Waals surface area contributed by atoms with E-state index in [1.165, 1.54) is 34.1 Å². The molecule has 0 aliphatic heterocycles. The predicted octanol–water partition coefficient (Wildman–Crippen LogP) is 4.13. The minimum atomic E-state index is -5.79. The Hall–Kier alpha value is -1.05. The second-order valence-corrected chi connectivity index (χ2v) is 4.54. The van der Waals surface area contributed by atoms with Crippen molar-refractivity contribution in [3.63, 3.8) is 0 Å². The minimum absolute atomic E-state index is 0.677. The van der Waals surface area contributed by atoms with E-state index in [1.807, 2.05) is 0 Å². The van der Waals surface area contributed by atoms with Crippen LogP contribution in [0, 0.1) is 0 Å². The van der Waals surface area contributed by atoms with Crippen LogP contribution in [0.15, 0.2) is 30.3 Å². The summed E-state index contributed by atoms with van der Waals surface area (Å²) in [6, 6.07) is 5.49. The van der Waals surface area contributed by atoms with E-state index in [9.17, 15) is 31.1 Å². The van der Waals surface area contributed by atoms with Crippen molar-refractivity contribution < 1.29 is 31.1 Å². The maximum atomic E-state index is 12.5. The average Bonchev–Trinajstić information content (AvgIpc) is 2.25. The fourth-order valence-corrected chi connectivity index (χ4v) is 1.44. The topological polar surface area (TPSA) is 17.1 Å². The molecule has 0 bridgehead atoms. The number of halogens is 7. The van der Waals surface area contributed by atoms with Gasteiger partial charge in [-0.15, -0.1) is 0 Å². The number of carbonyl (C=O) groups excluding carboxylic acids is 1. The SMILES string of the molecule is O=C(c1ccccc1)C(Br)(C(F)(F)F)C(F)(F)F. The molecule has 0 saturated heterocycles. The standard InChI is InChI=1S/C10H5BrF6O/c11-8(9(12,13)14,10(15,16)17)7(18)6-4-2-1-3-5-6/h1-5H. The average molecular weight is 335 g/mol. The number of rotatable bonds is 2. The summed E-state index contributed by atoms with van der Waals surface area (Å²) < 4.78 is 70.7. The number of benzene rings is 1. The third-order valence-electron chi connectivity index (χ3n) is 2.13. The Bertz CT molecular complexity index is 422. The van der Waals surface area contributed by atoms with E-state index in [-0.39, 0.29) is 0 Å². The van der Waals surface area contributed by atoms with Gasteiger partial charge in [-0.2, -0.15) is 26.3 Å². The summed E-state index contributed by atoms with van der Waals surface area (Å²) in [5.74, 6) is -2.09. The van der Waals surface area contributed by atoms with Crippen molar-refractivity contribution in [1.82, 2.24) is 0 Å². The highest BCUT2D eigenvalue weighted by Crippen LogP contribution is 2.51. The van der Waals surface area contributed by atoms with Gasteiger partial charge in [-0.05, 0) is 0 Å². The molecule has 0 amide bonds. The van der Waals surface area contributed by atoms with E-state index in [0.29, 0.717) is 0 Å². The Morgan fingerprint density at radius 3 is 1.61 bits per heavy atom. The Balaban J connectivity index is 3.36. The van der Waals surface area contributed by atoms with Gasteiger partial charge < -0.3 is 0 Å². The van der Waals surface area contributed by atoms with E-state index in [4.69, 9.17) is 0 Å². The Morgan fingerprint density at radius 2 is 1.28 bits per heavy atom. The second-order valence-electron chi connectivity index (χ2n) is 3.35. The monoisotopic (exact) mass is 334 g/mol. The Labute approximate surface area is 106 Å². The van der Waals surface area contributed by atoms with Crippen molar-refractivity contribution in [2.75, 3.05) is 0 Å². The summed E-state index contributed by atoms with van der Waals surface area (Å²) in [5, 5.41) is 0. The zero-order chi connectivity index (χ0) is 14.2. The highest BCUT2D eigenvalue weighted by Gasteiger charge is 2.74. The highest BCUT2D eigenvalue weighted by molar-refractivity contribution is 9.10. The summed E-state index contributed by atoms with van der Waals surface area (Å²) in [6.07, 6.45) is -11.6. The lowest BCUT2D eigenvalue weighted by Crippen LogP contribution is -2.57. The fourth-order valence-electron chi connectivity index (χ4n) is 1.21. The van der Waals surface area contributed by atoms with Crippen molar-refractivity contribution in [2.24, 2.45) is 0 Å². The van der Waals surface area contributed by atoms with E-state index >= 15 is 0 Å². The van der Waals surface area contributed by atoms with Gasteiger partial charge in [0.15, 0.2) is 5.78 Å². The number of ketones is 1. The van der Waals surface area contributed by atoms with Crippen LogP contribution in [0.2, 0.25) is 0 Å². The van der Waals surface area contributed by atoms with Crippen molar-refractivity contribution in [3.05, 3.63) is 35.9 Å². The smallest absolute Gasteiger partial charge is 0.292 e. The predicted molar refractivity (Wildman–Crippen MR) is 54.5 cm³/mol. The Kier molecular flexibility index (Phi) is 3.81. The lowest BCUT2D eigenvalue weighted by molar-refractivity contribution is -0.245. The van der Waals surface area contributed by atoms with E-state index in [0.717, 1.165) is 12.1 Å². The summed E-state index contributed by atoms with van der Waals surface area (Å²) in [6.45, 7) is 0. The summed E-state index contributed by atoms with van der Waals surface area (Å²) in [5.41, 5.74) is -0.677. The second kappa shape index (κ2) is 4.56. The molecule has 8 heteroatoms. The van der Waals surface area contributed by atoms with Crippen LogP contribution in [-0.4, -0.2) is 22.5 Å². The zero-order valence-electron chi connectivity index (χ0n) is 8.44. The van der Waals surface area contributed by atoms with Crippen molar-refractivity contribution in [2.45, 2.75) is 16.7 Å². The first-order valence-corrected chi connectivity index (χ1v) is 5.23. The van der Waals surface area contributed by atoms with Gasteiger partial charge in [-0.3, -0.25) is 4.79 Å². The summed E-state index contributed by atoms with van der Waals surface area (Å²) in [7, 11) is 0. The molecule has 18 heavy (non-hydrogen) atoms. The molecule has 0 fully saturated rings. The molecule has 0 radical (unpaired) electrons. The molecule has 0 N–H and O–H groups in total. The van der Waals surface area contributed by atoms with E-state index < -0.39 is 28.0 Å².